The number of carbonyl (C=O) groups is 1. The van der Waals surface area contributed by atoms with Crippen molar-refractivity contribution in [3.63, 3.8) is 0 Å². The molecular weight excluding hydrogens is 295 g/mol. The van der Waals surface area contributed by atoms with E-state index in [4.69, 9.17) is 4.42 Å². The molecule has 0 fully saturated rings. The van der Waals surface area contributed by atoms with Gasteiger partial charge in [-0.1, -0.05) is 12.1 Å². The summed E-state index contributed by atoms with van der Waals surface area (Å²) in [5.74, 6) is -0.571. The Morgan fingerprint density at radius 3 is 2.78 bits per heavy atom. The minimum absolute atomic E-state index is 0.152. The van der Waals surface area contributed by atoms with Gasteiger partial charge in [-0.25, -0.2) is 4.39 Å². The fraction of sp³-hybridized carbons (Fsp3) is 0.167. The van der Waals surface area contributed by atoms with Gasteiger partial charge in [-0.05, 0) is 43.3 Å². The maximum Gasteiger partial charge on any atom is 0.291 e. The van der Waals surface area contributed by atoms with Crippen LogP contribution in [0.25, 0.3) is 11.0 Å². The molecule has 5 heteroatoms. The van der Waals surface area contributed by atoms with Gasteiger partial charge in [-0.2, -0.15) is 0 Å². The van der Waals surface area contributed by atoms with E-state index in [0.29, 0.717) is 16.7 Å². The zero-order chi connectivity index (χ0) is 16.4. The SMILES string of the molecule is CCN(C)c1ccccc1NC(=O)c1cc2cc(F)ccc2o1. The first kappa shape index (κ1) is 15.1. The average Bonchev–Trinajstić information content (AvgIpc) is 2.98. The number of para-hydroxylation sites is 2. The quantitative estimate of drug-likeness (QED) is 0.782. The number of amides is 1. The Labute approximate surface area is 133 Å². The number of furan rings is 1. The Kier molecular flexibility index (Phi) is 4.02. The highest BCUT2D eigenvalue weighted by Gasteiger charge is 2.15. The molecule has 0 bridgehead atoms. The Bertz CT molecular complexity index is 857. The fourth-order valence-corrected chi connectivity index (χ4v) is 2.39. The first-order chi connectivity index (χ1) is 11.1. The normalized spacial score (nSPS) is 10.7. The number of nitrogens with one attached hydrogen (secondary N) is 1. The molecule has 118 valence electrons. The van der Waals surface area contributed by atoms with E-state index in [9.17, 15) is 9.18 Å². The van der Waals surface area contributed by atoms with Crippen LogP contribution in [0.5, 0.6) is 0 Å². The summed E-state index contributed by atoms with van der Waals surface area (Å²) in [6.07, 6.45) is 0. The highest BCUT2D eigenvalue weighted by atomic mass is 19.1. The highest BCUT2D eigenvalue weighted by molar-refractivity contribution is 6.06. The summed E-state index contributed by atoms with van der Waals surface area (Å²) < 4.78 is 18.7. The van der Waals surface area contributed by atoms with Crippen molar-refractivity contribution >= 4 is 28.3 Å². The second kappa shape index (κ2) is 6.12. The van der Waals surface area contributed by atoms with Crippen LogP contribution in [0.2, 0.25) is 0 Å². The van der Waals surface area contributed by atoms with Gasteiger partial charge in [0.15, 0.2) is 5.76 Å². The molecule has 0 saturated carbocycles. The summed E-state index contributed by atoms with van der Waals surface area (Å²) in [6.45, 7) is 2.85. The maximum absolute atomic E-state index is 13.2. The molecule has 3 rings (SSSR count). The van der Waals surface area contributed by atoms with Gasteiger partial charge >= 0.3 is 0 Å². The lowest BCUT2D eigenvalue weighted by Crippen LogP contribution is -2.19. The van der Waals surface area contributed by atoms with Gasteiger partial charge in [0.2, 0.25) is 0 Å². The Balaban J connectivity index is 1.89. The van der Waals surface area contributed by atoms with Crippen LogP contribution in [0.4, 0.5) is 15.8 Å². The number of benzene rings is 2. The van der Waals surface area contributed by atoms with E-state index in [1.54, 1.807) is 6.07 Å². The molecule has 0 atom stereocenters. The number of carbonyl (C=O) groups excluding carboxylic acids is 1. The molecule has 1 N–H and O–H groups in total. The van der Waals surface area contributed by atoms with E-state index in [1.807, 2.05) is 43.1 Å². The molecule has 0 unspecified atom stereocenters. The van der Waals surface area contributed by atoms with Crippen molar-refractivity contribution in [3.05, 3.63) is 60.1 Å². The predicted octanol–water partition coefficient (Wildman–Crippen LogP) is 4.28. The largest absolute Gasteiger partial charge is 0.451 e. The third kappa shape index (κ3) is 3.04. The van der Waals surface area contributed by atoms with E-state index in [1.165, 1.54) is 18.2 Å². The van der Waals surface area contributed by atoms with Gasteiger partial charge in [0, 0.05) is 19.0 Å². The van der Waals surface area contributed by atoms with Crippen molar-refractivity contribution in [2.24, 2.45) is 0 Å². The maximum atomic E-state index is 13.2. The molecule has 0 spiro atoms. The van der Waals surface area contributed by atoms with Crippen LogP contribution in [-0.4, -0.2) is 19.5 Å². The van der Waals surface area contributed by atoms with Gasteiger partial charge in [0.1, 0.15) is 11.4 Å². The molecule has 1 aromatic heterocycles. The Morgan fingerprint density at radius 2 is 2.00 bits per heavy atom. The summed E-state index contributed by atoms with van der Waals surface area (Å²) in [4.78, 5) is 14.4. The number of rotatable bonds is 4. The zero-order valence-corrected chi connectivity index (χ0v) is 13.0. The van der Waals surface area contributed by atoms with Crippen LogP contribution < -0.4 is 10.2 Å². The minimum Gasteiger partial charge on any atom is -0.451 e. The topological polar surface area (TPSA) is 45.5 Å². The smallest absolute Gasteiger partial charge is 0.291 e. The number of nitrogens with zero attached hydrogens (tertiary/aromatic N) is 1. The minimum atomic E-state index is -0.362. The van der Waals surface area contributed by atoms with Crippen molar-refractivity contribution in [2.45, 2.75) is 6.92 Å². The van der Waals surface area contributed by atoms with Crippen LogP contribution >= 0.6 is 0 Å². The van der Waals surface area contributed by atoms with Crippen molar-refractivity contribution < 1.29 is 13.6 Å². The van der Waals surface area contributed by atoms with Crippen LogP contribution in [-0.2, 0) is 0 Å². The Hall–Kier alpha value is -2.82. The lowest BCUT2D eigenvalue weighted by Gasteiger charge is -2.20. The highest BCUT2D eigenvalue weighted by Crippen LogP contribution is 2.26. The van der Waals surface area contributed by atoms with E-state index >= 15 is 0 Å². The standard InChI is InChI=1S/C18H17FN2O2/c1-3-21(2)15-7-5-4-6-14(15)20-18(22)17-11-12-10-13(19)8-9-16(12)23-17/h4-11H,3H2,1-2H3,(H,20,22). The molecule has 4 nitrogen and oxygen atoms in total. The molecule has 3 aromatic rings. The summed E-state index contributed by atoms with van der Waals surface area (Å²) >= 11 is 0. The first-order valence-electron chi connectivity index (χ1n) is 7.39. The van der Waals surface area contributed by atoms with Gasteiger partial charge in [0.05, 0.1) is 11.4 Å². The number of fused-ring (bicyclic) bond motifs is 1. The monoisotopic (exact) mass is 312 g/mol. The van der Waals surface area contributed by atoms with Crippen LogP contribution in [0, 0.1) is 5.82 Å². The van der Waals surface area contributed by atoms with E-state index in [0.717, 1.165) is 12.2 Å². The summed E-state index contributed by atoms with van der Waals surface area (Å²) in [6, 6.07) is 13.3. The second-order valence-corrected chi connectivity index (χ2v) is 5.28. The van der Waals surface area contributed by atoms with Crippen molar-refractivity contribution in [1.82, 2.24) is 0 Å². The zero-order valence-electron chi connectivity index (χ0n) is 13.0. The molecule has 1 heterocycles. The van der Waals surface area contributed by atoms with Crippen LogP contribution in [0.3, 0.4) is 0 Å². The van der Waals surface area contributed by atoms with Crippen LogP contribution in [0.1, 0.15) is 17.5 Å². The molecule has 2 aromatic carbocycles. The first-order valence-corrected chi connectivity index (χ1v) is 7.39. The third-order valence-electron chi connectivity index (χ3n) is 3.74. The van der Waals surface area contributed by atoms with Gasteiger partial charge in [-0.3, -0.25) is 4.79 Å². The van der Waals surface area contributed by atoms with E-state index < -0.39 is 0 Å². The predicted molar refractivity (Wildman–Crippen MR) is 89.5 cm³/mol. The molecule has 1 amide bonds. The second-order valence-electron chi connectivity index (χ2n) is 5.28. The number of halogens is 1. The number of hydrogen-bond donors (Lipinski definition) is 1. The van der Waals surface area contributed by atoms with Crippen molar-refractivity contribution in [2.75, 3.05) is 23.8 Å². The average molecular weight is 312 g/mol. The molecular formula is C18H17FN2O2. The van der Waals surface area contributed by atoms with Gasteiger partial charge in [-0.15, -0.1) is 0 Å². The molecule has 23 heavy (non-hydrogen) atoms. The van der Waals surface area contributed by atoms with Gasteiger partial charge in [0.25, 0.3) is 5.91 Å². The fourth-order valence-electron chi connectivity index (χ4n) is 2.39. The molecule has 0 aliphatic carbocycles. The summed E-state index contributed by atoms with van der Waals surface area (Å²) in [7, 11) is 1.95. The summed E-state index contributed by atoms with van der Waals surface area (Å²) in [5, 5.41) is 3.41. The lowest BCUT2D eigenvalue weighted by atomic mass is 10.2. The molecule has 0 saturated heterocycles. The van der Waals surface area contributed by atoms with Gasteiger partial charge < -0.3 is 14.6 Å². The van der Waals surface area contributed by atoms with E-state index in [-0.39, 0.29) is 17.5 Å². The Morgan fingerprint density at radius 1 is 1.22 bits per heavy atom. The number of anilines is 2. The molecule has 0 aliphatic heterocycles. The number of hydrogen-bond acceptors (Lipinski definition) is 3. The van der Waals surface area contributed by atoms with Crippen molar-refractivity contribution in [3.8, 4) is 0 Å². The lowest BCUT2D eigenvalue weighted by molar-refractivity contribution is 0.0998. The van der Waals surface area contributed by atoms with Crippen LogP contribution in [0.15, 0.2) is 52.9 Å². The van der Waals surface area contributed by atoms with Crippen molar-refractivity contribution in [1.29, 1.82) is 0 Å². The molecule has 0 radical (unpaired) electrons. The molecule has 0 aliphatic rings. The third-order valence-corrected chi connectivity index (χ3v) is 3.74. The van der Waals surface area contributed by atoms with E-state index in [2.05, 4.69) is 5.32 Å². The summed E-state index contributed by atoms with van der Waals surface area (Å²) in [5.41, 5.74) is 2.11.